The summed E-state index contributed by atoms with van der Waals surface area (Å²) in [6, 6.07) is 13.9. The highest BCUT2D eigenvalue weighted by Gasteiger charge is 2.18. The van der Waals surface area contributed by atoms with E-state index in [9.17, 15) is 4.79 Å². The van der Waals surface area contributed by atoms with Crippen molar-refractivity contribution in [3.63, 3.8) is 0 Å². The van der Waals surface area contributed by atoms with Crippen LogP contribution in [0.4, 0.5) is 10.8 Å². The number of nitrogens with zero attached hydrogens (tertiary/aromatic N) is 2. The van der Waals surface area contributed by atoms with E-state index in [0.29, 0.717) is 13.2 Å². The lowest BCUT2D eigenvalue weighted by atomic mass is 10.1. The number of aromatic nitrogens is 2. The number of carbonyl (C=O) groups excluding carboxylic acids is 1. The van der Waals surface area contributed by atoms with E-state index in [0.717, 1.165) is 25.9 Å². The zero-order chi connectivity index (χ0) is 18.4. The number of hydrogen-bond donors (Lipinski definition) is 2. The van der Waals surface area contributed by atoms with Crippen molar-refractivity contribution in [3.05, 3.63) is 42.5 Å². The summed E-state index contributed by atoms with van der Waals surface area (Å²) in [5, 5.41) is 16.9. The van der Waals surface area contributed by atoms with Gasteiger partial charge in [-0.15, -0.1) is 10.2 Å². The molecule has 2 aromatic carbocycles. The monoisotopic (exact) mass is 388 g/mol. The Morgan fingerprint density at radius 2 is 2.04 bits per heavy atom. The van der Waals surface area contributed by atoms with Crippen molar-refractivity contribution in [2.24, 2.45) is 0 Å². The second kappa shape index (κ2) is 8.98. The molecule has 0 fully saturated rings. The molecule has 136 valence electrons. The summed E-state index contributed by atoms with van der Waals surface area (Å²) in [4.78, 5) is 12.6. The van der Waals surface area contributed by atoms with E-state index >= 15 is 0 Å². The van der Waals surface area contributed by atoms with Crippen LogP contribution in [-0.2, 0) is 9.53 Å². The fourth-order valence-corrected chi connectivity index (χ4v) is 4.28. The molecule has 1 amide bonds. The lowest BCUT2D eigenvalue weighted by molar-refractivity contribution is -0.115. The van der Waals surface area contributed by atoms with Crippen LogP contribution in [0.15, 0.2) is 46.8 Å². The average molecular weight is 389 g/mol. The number of amides is 1. The van der Waals surface area contributed by atoms with Gasteiger partial charge >= 0.3 is 0 Å². The maximum Gasteiger partial charge on any atom is 0.237 e. The molecule has 0 saturated heterocycles. The Morgan fingerprint density at radius 3 is 2.88 bits per heavy atom. The van der Waals surface area contributed by atoms with Crippen LogP contribution in [0.1, 0.15) is 6.92 Å². The summed E-state index contributed by atoms with van der Waals surface area (Å²) in [6.07, 6.45) is 0. The zero-order valence-corrected chi connectivity index (χ0v) is 16.2. The Labute approximate surface area is 160 Å². The number of anilines is 2. The number of rotatable bonds is 8. The van der Waals surface area contributed by atoms with Gasteiger partial charge < -0.3 is 15.4 Å². The number of fused-ring (bicyclic) bond motifs is 1. The van der Waals surface area contributed by atoms with Gasteiger partial charge in [0, 0.05) is 24.7 Å². The van der Waals surface area contributed by atoms with Crippen LogP contribution in [0.2, 0.25) is 0 Å². The Balaban J connectivity index is 1.61. The van der Waals surface area contributed by atoms with E-state index in [2.05, 4.69) is 20.8 Å². The predicted molar refractivity (Wildman–Crippen MR) is 108 cm³/mol. The molecule has 0 radical (unpaired) electrons. The first kappa shape index (κ1) is 18.6. The third kappa shape index (κ3) is 4.72. The van der Waals surface area contributed by atoms with Gasteiger partial charge in [0.15, 0.2) is 4.34 Å². The maximum absolute atomic E-state index is 12.6. The molecule has 8 heteroatoms. The van der Waals surface area contributed by atoms with Gasteiger partial charge in [0.1, 0.15) is 0 Å². The number of carbonyl (C=O) groups is 1. The van der Waals surface area contributed by atoms with E-state index in [-0.39, 0.29) is 11.2 Å². The van der Waals surface area contributed by atoms with Crippen molar-refractivity contribution in [1.82, 2.24) is 10.2 Å². The molecule has 1 aromatic heterocycles. The molecular formula is C18H20N4O2S2. The largest absolute Gasteiger partial charge is 0.383 e. The Morgan fingerprint density at radius 1 is 1.23 bits per heavy atom. The topological polar surface area (TPSA) is 76.1 Å². The van der Waals surface area contributed by atoms with Gasteiger partial charge in [-0.2, -0.15) is 0 Å². The van der Waals surface area contributed by atoms with Crippen molar-refractivity contribution in [3.8, 4) is 0 Å². The number of thioether (sulfide) groups is 1. The SMILES string of the molecule is COCCNc1nnc(SC(C)C(=O)Nc2cccc3ccccc23)s1. The number of benzene rings is 2. The molecule has 0 aliphatic rings. The van der Waals surface area contributed by atoms with Gasteiger partial charge in [0.25, 0.3) is 0 Å². The van der Waals surface area contributed by atoms with Gasteiger partial charge in [-0.3, -0.25) is 4.79 Å². The fraction of sp³-hybridized carbons (Fsp3) is 0.278. The van der Waals surface area contributed by atoms with Crippen LogP contribution in [0.5, 0.6) is 0 Å². The Bertz CT molecular complexity index is 879. The second-order valence-electron chi connectivity index (χ2n) is 5.57. The van der Waals surface area contributed by atoms with Crippen LogP contribution in [0.3, 0.4) is 0 Å². The molecule has 6 nitrogen and oxygen atoms in total. The number of methoxy groups -OCH3 is 1. The maximum atomic E-state index is 12.6. The minimum absolute atomic E-state index is 0.0598. The molecule has 0 aliphatic heterocycles. The van der Waals surface area contributed by atoms with Gasteiger partial charge in [0.05, 0.1) is 11.9 Å². The molecule has 1 heterocycles. The highest BCUT2D eigenvalue weighted by atomic mass is 32.2. The van der Waals surface area contributed by atoms with E-state index in [1.807, 2.05) is 49.4 Å². The van der Waals surface area contributed by atoms with Crippen LogP contribution in [0, 0.1) is 0 Å². The van der Waals surface area contributed by atoms with Crippen molar-refractivity contribution in [2.75, 3.05) is 30.9 Å². The first-order chi connectivity index (χ1) is 12.7. The average Bonchev–Trinajstić information content (AvgIpc) is 3.09. The van der Waals surface area contributed by atoms with Gasteiger partial charge in [0.2, 0.25) is 11.0 Å². The van der Waals surface area contributed by atoms with Crippen molar-refractivity contribution in [1.29, 1.82) is 0 Å². The Hall–Kier alpha value is -2.16. The van der Waals surface area contributed by atoms with Crippen LogP contribution >= 0.6 is 23.1 Å². The van der Waals surface area contributed by atoms with Crippen molar-refractivity contribution < 1.29 is 9.53 Å². The number of nitrogens with one attached hydrogen (secondary N) is 2. The highest BCUT2D eigenvalue weighted by Crippen LogP contribution is 2.30. The van der Waals surface area contributed by atoms with Gasteiger partial charge in [-0.1, -0.05) is 59.5 Å². The van der Waals surface area contributed by atoms with Crippen molar-refractivity contribution in [2.45, 2.75) is 16.5 Å². The third-order valence-electron chi connectivity index (χ3n) is 3.68. The number of ether oxygens (including phenoxy) is 1. The fourth-order valence-electron chi connectivity index (χ4n) is 2.36. The molecule has 0 spiro atoms. The number of hydrogen-bond acceptors (Lipinski definition) is 7. The molecular weight excluding hydrogens is 368 g/mol. The van der Waals surface area contributed by atoms with Gasteiger partial charge in [-0.25, -0.2) is 0 Å². The summed E-state index contributed by atoms with van der Waals surface area (Å²) >= 11 is 2.83. The van der Waals surface area contributed by atoms with Crippen LogP contribution < -0.4 is 10.6 Å². The Kier molecular flexibility index (Phi) is 6.43. The first-order valence-electron chi connectivity index (χ1n) is 8.19. The smallest absolute Gasteiger partial charge is 0.237 e. The van der Waals surface area contributed by atoms with Crippen LogP contribution in [-0.4, -0.2) is 41.6 Å². The lowest BCUT2D eigenvalue weighted by Gasteiger charge is -2.12. The summed E-state index contributed by atoms with van der Waals surface area (Å²) in [5.74, 6) is -0.0598. The van der Waals surface area contributed by atoms with E-state index < -0.39 is 0 Å². The third-order valence-corrected chi connectivity index (χ3v) is 5.75. The minimum Gasteiger partial charge on any atom is -0.383 e. The normalized spacial score (nSPS) is 12.1. The lowest BCUT2D eigenvalue weighted by Crippen LogP contribution is -2.22. The predicted octanol–water partition coefficient (Wildman–Crippen LogP) is 3.87. The minimum atomic E-state index is -0.284. The highest BCUT2D eigenvalue weighted by molar-refractivity contribution is 8.02. The molecule has 3 aromatic rings. The molecule has 2 N–H and O–H groups in total. The van der Waals surface area contributed by atoms with Crippen LogP contribution in [0.25, 0.3) is 10.8 Å². The summed E-state index contributed by atoms with van der Waals surface area (Å²) in [5.41, 5.74) is 0.819. The molecule has 0 saturated carbocycles. The van der Waals surface area contributed by atoms with E-state index in [1.165, 1.54) is 23.1 Å². The standard InChI is InChI=1S/C18H20N4O2S2/c1-12(25-18-22-21-17(26-18)19-10-11-24-2)16(23)20-15-9-5-7-13-6-3-4-8-14(13)15/h3-9,12H,10-11H2,1-2H3,(H,19,21)(H,20,23). The zero-order valence-electron chi connectivity index (χ0n) is 14.6. The summed E-state index contributed by atoms with van der Waals surface area (Å²) in [7, 11) is 1.65. The molecule has 1 unspecified atom stereocenters. The van der Waals surface area contributed by atoms with Gasteiger partial charge in [-0.05, 0) is 18.4 Å². The molecule has 0 aliphatic carbocycles. The van der Waals surface area contributed by atoms with E-state index in [1.54, 1.807) is 7.11 Å². The van der Waals surface area contributed by atoms with Crippen molar-refractivity contribution >= 4 is 50.6 Å². The molecule has 3 rings (SSSR count). The quantitative estimate of drug-likeness (QED) is 0.451. The second-order valence-corrected chi connectivity index (χ2v) is 8.13. The molecule has 26 heavy (non-hydrogen) atoms. The molecule has 0 bridgehead atoms. The molecule has 1 atom stereocenters. The first-order valence-corrected chi connectivity index (χ1v) is 9.88. The summed E-state index contributed by atoms with van der Waals surface area (Å²) in [6.45, 7) is 3.14. The summed E-state index contributed by atoms with van der Waals surface area (Å²) < 4.78 is 5.74. The van der Waals surface area contributed by atoms with E-state index in [4.69, 9.17) is 4.74 Å².